The number of hydrogen-bond acceptors (Lipinski definition) is 7. The summed E-state index contributed by atoms with van der Waals surface area (Å²) in [4.78, 5) is 31.2. The summed E-state index contributed by atoms with van der Waals surface area (Å²) >= 11 is 0. The summed E-state index contributed by atoms with van der Waals surface area (Å²) in [5, 5.41) is 18.7. The minimum atomic E-state index is -4.61. The van der Waals surface area contributed by atoms with E-state index in [4.69, 9.17) is 0 Å². The molecule has 0 spiro atoms. The Morgan fingerprint density at radius 3 is 2.66 bits per heavy atom. The van der Waals surface area contributed by atoms with E-state index in [1.807, 2.05) is 18.2 Å². The van der Waals surface area contributed by atoms with Gasteiger partial charge in [0.15, 0.2) is 5.82 Å². The normalized spacial score (nSPS) is 14.2. The largest absolute Gasteiger partial charge is 0.416 e. The third-order valence-corrected chi connectivity index (χ3v) is 7.79. The van der Waals surface area contributed by atoms with Gasteiger partial charge in [0.25, 0.3) is 5.91 Å². The average Bonchev–Trinajstić information content (AvgIpc) is 3.75. The first-order valence-electron chi connectivity index (χ1n) is 13.6. The molecule has 0 bridgehead atoms. The van der Waals surface area contributed by atoms with E-state index >= 15 is 0 Å². The van der Waals surface area contributed by atoms with Crippen LogP contribution >= 0.6 is 0 Å². The first kappa shape index (κ1) is 27.3. The number of rotatable bonds is 6. The fourth-order valence-electron chi connectivity index (χ4n) is 5.72. The molecule has 0 fully saturated rings. The molecule has 7 rings (SSSR count). The maximum absolute atomic E-state index is 13.8. The van der Waals surface area contributed by atoms with Crippen molar-refractivity contribution in [1.29, 1.82) is 0 Å². The lowest BCUT2D eigenvalue weighted by Crippen LogP contribution is -2.24. The lowest BCUT2D eigenvalue weighted by atomic mass is 10.0. The molecule has 5 aromatic rings. The van der Waals surface area contributed by atoms with Crippen LogP contribution in [0.3, 0.4) is 0 Å². The van der Waals surface area contributed by atoms with Crippen LogP contribution < -0.4 is 15.5 Å². The predicted molar refractivity (Wildman–Crippen MR) is 154 cm³/mol. The van der Waals surface area contributed by atoms with Crippen LogP contribution in [-0.4, -0.2) is 41.3 Å². The van der Waals surface area contributed by atoms with Crippen LogP contribution in [0.4, 0.5) is 30.5 Å². The summed E-state index contributed by atoms with van der Waals surface area (Å²) in [7, 11) is 3.56. The molecular formula is C30H24F3N9O2. The highest BCUT2D eigenvalue weighted by Crippen LogP contribution is 2.40. The van der Waals surface area contributed by atoms with E-state index < -0.39 is 17.6 Å². The highest BCUT2D eigenvalue weighted by Gasteiger charge is 2.40. The molecule has 0 radical (unpaired) electrons. The van der Waals surface area contributed by atoms with E-state index in [-0.39, 0.29) is 29.4 Å². The molecule has 11 nitrogen and oxygen atoms in total. The Morgan fingerprint density at radius 1 is 1.05 bits per heavy atom. The van der Waals surface area contributed by atoms with Gasteiger partial charge < -0.3 is 15.2 Å². The molecule has 2 aliphatic rings. The van der Waals surface area contributed by atoms with Crippen LogP contribution in [0, 0.1) is 0 Å². The molecule has 5 heterocycles. The Labute approximate surface area is 248 Å². The van der Waals surface area contributed by atoms with E-state index in [1.165, 1.54) is 17.0 Å². The number of pyridine rings is 1. The van der Waals surface area contributed by atoms with Gasteiger partial charge >= 0.3 is 6.18 Å². The number of alkyl halides is 3. The Bertz CT molecular complexity index is 1980. The van der Waals surface area contributed by atoms with Gasteiger partial charge in [-0.2, -0.15) is 18.3 Å². The summed E-state index contributed by atoms with van der Waals surface area (Å²) in [5.74, 6) is 0.479. The van der Waals surface area contributed by atoms with Crippen molar-refractivity contribution in [2.75, 3.05) is 15.5 Å². The predicted octanol–water partition coefficient (Wildman–Crippen LogP) is 4.56. The Morgan fingerprint density at radius 2 is 1.89 bits per heavy atom. The fraction of sp³-hybridized carbons (Fsp3) is 0.200. The highest BCUT2D eigenvalue weighted by atomic mass is 19.4. The van der Waals surface area contributed by atoms with E-state index in [2.05, 4.69) is 30.9 Å². The molecular weight excluding hydrogens is 575 g/mol. The molecule has 2 aliphatic heterocycles. The van der Waals surface area contributed by atoms with Gasteiger partial charge in [-0.1, -0.05) is 18.2 Å². The van der Waals surface area contributed by atoms with Crippen molar-refractivity contribution < 1.29 is 22.8 Å². The first-order valence-corrected chi connectivity index (χ1v) is 13.6. The molecule has 2 N–H and O–H groups in total. The van der Waals surface area contributed by atoms with Crippen LogP contribution in [0.2, 0.25) is 0 Å². The summed E-state index contributed by atoms with van der Waals surface area (Å²) in [6.07, 6.45) is -1.10. The molecule has 2 aromatic carbocycles. The van der Waals surface area contributed by atoms with E-state index in [0.29, 0.717) is 41.4 Å². The first-order chi connectivity index (χ1) is 21.1. The molecule has 0 saturated heterocycles. The van der Waals surface area contributed by atoms with Gasteiger partial charge in [0.05, 0.1) is 36.0 Å². The number of aryl methyl sites for hydroxylation is 2. The van der Waals surface area contributed by atoms with Gasteiger partial charge in [-0.3, -0.25) is 19.2 Å². The second-order valence-corrected chi connectivity index (χ2v) is 10.7. The molecule has 0 saturated carbocycles. The van der Waals surface area contributed by atoms with Crippen LogP contribution in [0.1, 0.15) is 32.6 Å². The number of amides is 2. The second-order valence-electron chi connectivity index (χ2n) is 10.7. The SMILES string of the molecule is Cn1cnnc1-c1cnn(C)c1-c1cc(NCc2ccc3c(c2)CC(=O)N3)nc(N2Cc3c(cccc3C(F)(F)F)C2=O)c1. The zero-order chi connectivity index (χ0) is 30.7. The molecule has 0 unspecified atom stereocenters. The third-order valence-electron chi connectivity index (χ3n) is 7.79. The number of carbonyl (C=O) groups is 2. The van der Waals surface area contributed by atoms with Crippen molar-refractivity contribution in [3.63, 3.8) is 0 Å². The van der Waals surface area contributed by atoms with Crippen molar-refractivity contribution in [2.24, 2.45) is 14.1 Å². The number of hydrogen-bond donors (Lipinski definition) is 2. The van der Waals surface area contributed by atoms with Gasteiger partial charge in [-0.25, -0.2) is 4.98 Å². The second kappa shape index (κ2) is 10.0. The standard InChI is InChI=1S/C30H24F3N9O2/c1-40-15-35-39-28(40)20-13-36-41(2)27(20)18-9-24(34-12-16-6-7-23-17(8-16)11-26(43)37-23)38-25(10-18)42-14-21-19(29(42)44)4-3-5-22(21)30(31,32)33/h3-10,13,15H,11-12,14H2,1-2H3,(H,34,38)(H,37,43). The van der Waals surface area contributed by atoms with Gasteiger partial charge in [-0.15, -0.1) is 10.2 Å². The number of nitrogens with one attached hydrogen (secondary N) is 2. The number of halogens is 3. The number of benzene rings is 2. The molecule has 2 amide bonds. The number of nitrogens with zero attached hydrogens (tertiary/aromatic N) is 7. The lowest BCUT2D eigenvalue weighted by Gasteiger charge is -2.19. The van der Waals surface area contributed by atoms with Crippen LogP contribution in [0.15, 0.2) is 61.1 Å². The van der Waals surface area contributed by atoms with Crippen LogP contribution in [-0.2, 0) is 44.6 Å². The molecule has 0 aliphatic carbocycles. The smallest absolute Gasteiger partial charge is 0.366 e. The Hall–Kier alpha value is -5.53. The van der Waals surface area contributed by atoms with Crippen LogP contribution in [0.25, 0.3) is 22.6 Å². The third kappa shape index (κ3) is 4.64. The Balaban J connectivity index is 1.30. The molecule has 14 heteroatoms. The maximum Gasteiger partial charge on any atom is 0.416 e. The summed E-state index contributed by atoms with van der Waals surface area (Å²) < 4.78 is 44.9. The molecule has 44 heavy (non-hydrogen) atoms. The van der Waals surface area contributed by atoms with Crippen LogP contribution in [0.5, 0.6) is 0 Å². The lowest BCUT2D eigenvalue weighted by molar-refractivity contribution is -0.138. The fourth-order valence-corrected chi connectivity index (χ4v) is 5.72. The number of carbonyl (C=O) groups excluding carboxylic acids is 2. The highest BCUT2D eigenvalue weighted by molar-refractivity contribution is 6.10. The zero-order valence-electron chi connectivity index (χ0n) is 23.5. The average molecular weight is 600 g/mol. The summed E-state index contributed by atoms with van der Waals surface area (Å²) in [6.45, 7) is 0.0540. The number of anilines is 3. The van der Waals surface area contributed by atoms with Crippen molar-refractivity contribution in [2.45, 2.75) is 25.7 Å². The Kier molecular flexibility index (Phi) is 6.23. The minimum absolute atomic E-state index is 0.0110. The van der Waals surface area contributed by atoms with E-state index in [9.17, 15) is 22.8 Å². The van der Waals surface area contributed by atoms with E-state index in [0.717, 1.165) is 22.9 Å². The van der Waals surface area contributed by atoms with E-state index in [1.54, 1.807) is 48.0 Å². The van der Waals surface area contributed by atoms with Gasteiger partial charge in [0, 0.05) is 37.5 Å². The monoisotopic (exact) mass is 599 g/mol. The number of fused-ring (bicyclic) bond motifs is 2. The van der Waals surface area contributed by atoms with Gasteiger partial charge in [0.1, 0.15) is 18.0 Å². The van der Waals surface area contributed by atoms with Crippen molar-refractivity contribution in [1.82, 2.24) is 29.5 Å². The zero-order valence-corrected chi connectivity index (χ0v) is 23.5. The minimum Gasteiger partial charge on any atom is -0.366 e. The molecule has 0 atom stereocenters. The molecule has 3 aromatic heterocycles. The summed E-state index contributed by atoms with van der Waals surface area (Å²) in [5.41, 5.74) is 3.54. The maximum atomic E-state index is 13.8. The van der Waals surface area contributed by atoms with Gasteiger partial charge in [-0.05, 0) is 47.0 Å². The van der Waals surface area contributed by atoms with Gasteiger partial charge in [0.2, 0.25) is 5.91 Å². The quantitative estimate of drug-likeness (QED) is 0.293. The molecule has 222 valence electrons. The number of aromatic nitrogens is 6. The van der Waals surface area contributed by atoms with Crippen molar-refractivity contribution in [3.8, 4) is 22.6 Å². The topological polar surface area (TPSA) is 123 Å². The van der Waals surface area contributed by atoms with Crippen molar-refractivity contribution in [3.05, 3.63) is 88.9 Å². The van der Waals surface area contributed by atoms with Crippen molar-refractivity contribution >= 4 is 29.1 Å². The summed E-state index contributed by atoms with van der Waals surface area (Å²) in [6, 6.07) is 12.7.